The van der Waals surface area contributed by atoms with Crippen LogP contribution in [0.5, 0.6) is 0 Å². The molecule has 0 heterocycles. The van der Waals surface area contributed by atoms with Gasteiger partial charge in [0.05, 0.1) is 6.10 Å². The number of nitrogens with one attached hydrogen (secondary N) is 2. The van der Waals surface area contributed by atoms with Crippen molar-refractivity contribution in [2.45, 2.75) is 58.7 Å². The molecule has 4 nitrogen and oxygen atoms in total. The van der Waals surface area contributed by atoms with Gasteiger partial charge < -0.3 is 15.7 Å². The Kier molecular flexibility index (Phi) is 5.72. The molecule has 20 heavy (non-hydrogen) atoms. The molecule has 0 bridgehead atoms. The molecule has 0 radical (unpaired) electrons. The van der Waals surface area contributed by atoms with Crippen LogP contribution >= 0.6 is 0 Å². The summed E-state index contributed by atoms with van der Waals surface area (Å²) < 4.78 is 0. The van der Waals surface area contributed by atoms with Crippen LogP contribution in [0.25, 0.3) is 0 Å². The van der Waals surface area contributed by atoms with E-state index in [-0.39, 0.29) is 17.5 Å². The molecule has 1 rings (SSSR count). The number of carbonyl (C=O) groups is 1. The standard InChI is InChI=1S/C16H26N2O2/c1-6-14(18-16(3,4)5)15(20)12-7-9-13(10-8-12)17-11(2)19/h7-10,14-15,18,20H,6H2,1-5H3,(H,17,19). The topological polar surface area (TPSA) is 61.4 Å². The highest BCUT2D eigenvalue weighted by atomic mass is 16.3. The van der Waals surface area contributed by atoms with Crippen molar-refractivity contribution in [3.8, 4) is 0 Å². The fourth-order valence-electron chi connectivity index (χ4n) is 2.16. The van der Waals surface area contributed by atoms with Crippen molar-refractivity contribution in [1.29, 1.82) is 0 Å². The first-order chi connectivity index (χ1) is 9.23. The largest absolute Gasteiger partial charge is 0.387 e. The maximum atomic E-state index is 11.0. The van der Waals surface area contributed by atoms with E-state index in [9.17, 15) is 9.90 Å². The first kappa shape index (κ1) is 16.7. The minimum atomic E-state index is -0.564. The molecule has 0 saturated carbocycles. The molecule has 0 aromatic heterocycles. The monoisotopic (exact) mass is 278 g/mol. The summed E-state index contributed by atoms with van der Waals surface area (Å²) in [6, 6.07) is 7.32. The van der Waals surface area contributed by atoms with Gasteiger partial charge in [-0.05, 0) is 44.9 Å². The second-order valence-electron chi connectivity index (χ2n) is 6.16. The van der Waals surface area contributed by atoms with E-state index in [2.05, 4.69) is 38.3 Å². The van der Waals surface area contributed by atoms with E-state index in [1.807, 2.05) is 24.3 Å². The molecule has 4 heteroatoms. The molecule has 0 aliphatic rings. The van der Waals surface area contributed by atoms with Gasteiger partial charge in [-0.2, -0.15) is 0 Å². The van der Waals surface area contributed by atoms with Gasteiger partial charge in [0.2, 0.25) is 5.91 Å². The normalized spacial score (nSPS) is 14.7. The third-order valence-electron chi connectivity index (χ3n) is 3.01. The van der Waals surface area contributed by atoms with E-state index < -0.39 is 6.10 Å². The predicted octanol–water partition coefficient (Wildman–Crippen LogP) is 2.85. The summed E-state index contributed by atoms with van der Waals surface area (Å²) in [6.45, 7) is 9.79. The van der Waals surface area contributed by atoms with Crippen LogP contribution in [-0.4, -0.2) is 22.6 Å². The van der Waals surface area contributed by atoms with Crippen LogP contribution in [-0.2, 0) is 4.79 Å². The van der Waals surface area contributed by atoms with Gasteiger partial charge in [-0.15, -0.1) is 0 Å². The van der Waals surface area contributed by atoms with E-state index in [4.69, 9.17) is 0 Å². The Morgan fingerprint density at radius 2 is 1.80 bits per heavy atom. The third kappa shape index (κ3) is 5.31. The maximum Gasteiger partial charge on any atom is 0.221 e. The molecule has 0 fully saturated rings. The van der Waals surface area contributed by atoms with E-state index in [1.54, 1.807) is 0 Å². The van der Waals surface area contributed by atoms with Gasteiger partial charge in [0.1, 0.15) is 0 Å². The molecule has 112 valence electrons. The molecule has 1 aromatic carbocycles. The smallest absolute Gasteiger partial charge is 0.221 e. The van der Waals surface area contributed by atoms with Crippen LogP contribution in [0, 0.1) is 0 Å². The number of aliphatic hydroxyl groups is 1. The summed E-state index contributed by atoms with van der Waals surface area (Å²) >= 11 is 0. The predicted molar refractivity (Wildman–Crippen MR) is 82.7 cm³/mol. The lowest BCUT2D eigenvalue weighted by molar-refractivity contribution is -0.114. The van der Waals surface area contributed by atoms with E-state index >= 15 is 0 Å². The first-order valence-electron chi connectivity index (χ1n) is 7.06. The van der Waals surface area contributed by atoms with Crippen LogP contribution in [0.15, 0.2) is 24.3 Å². The average molecular weight is 278 g/mol. The highest BCUT2D eigenvalue weighted by Crippen LogP contribution is 2.22. The van der Waals surface area contributed by atoms with Gasteiger partial charge >= 0.3 is 0 Å². The van der Waals surface area contributed by atoms with Crippen molar-refractivity contribution >= 4 is 11.6 Å². The average Bonchev–Trinajstić information content (AvgIpc) is 2.34. The summed E-state index contributed by atoms with van der Waals surface area (Å²) in [6.07, 6.45) is 0.275. The molecule has 1 amide bonds. The lowest BCUT2D eigenvalue weighted by Crippen LogP contribution is -2.46. The van der Waals surface area contributed by atoms with Crippen molar-refractivity contribution in [3.05, 3.63) is 29.8 Å². The fourth-order valence-corrected chi connectivity index (χ4v) is 2.16. The zero-order valence-corrected chi connectivity index (χ0v) is 13.0. The summed E-state index contributed by atoms with van der Waals surface area (Å²) in [4.78, 5) is 11.0. The van der Waals surface area contributed by atoms with Crippen molar-refractivity contribution in [2.75, 3.05) is 5.32 Å². The molecular weight excluding hydrogens is 252 g/mol. The Labute approximate surface area is 121 Å². The maximum absolute atomic E-state index is 11.0. The van der Waals surface area contributed by atoms with Crippen molar-refractivity contribution < 1.29 is 9.90 Å². The number of carbonyl (C=O) groups excluding carboxylic acids is 1. The summed E-state index contributed by atoms with van der Waals surface area (Å²) in [5.41, 5.74) is 1.55. The Hall–Kier alpha value is -1.39. The number of anilines is 1. The van der Waals surface area contributed by atoms with E-state index in [0.717, 1.165) is 17.7 Å². The van der Waals surface area contributed by atoms with Gasteiger partial charge in [-0.1, -0.05) is 19.1 Å². The van der Waals surface area contributed by atoms with E-state index in [0.29, 0.717) is 0 Å². The number of hydrogen-bond acceptors (Lipinski definition) is 3. The molecule has 0 saturated heterocycles. The summed E-state index contributed by atoms with van der Waals surface area (Å²) in [5.74, 6) is -0.0980. The second kappa shape index (κ2) is 6.86. The van der Waals surface area contributed by atoms with Gasteiger partial charge in [0, 0.05) is 24.2 Å². The van der Waals surface area contributed by atoms with E-state index in [1.165, 1.54) is 6.92 Å². The third-order valence-corrected chi connectivity index (χ3v) is 3.01. The number of benzene rings is 1. The zero-order valence-electron chi connectivity index (χ0n) is 13.0. The molecule has 0 aliphatic carbocycles. The van der Waals surface area contributed by atoms with Crippen LogP contribution in [0.2, 0.25) is 0 Å². The Morgan fingerprint density at radius 1 is 1.25 bits per heavy atom. The summed E-state index contributed by atoms with van der Waals surface area (Å²) in [5, 5.41) is 16.6. The lowest BCUT2D eigenvalue weighted by Gasteiger charge is -2.31. The van der Waals surface area contributed by atoms with Crippen LogP contribution in [0.3, 0.4) is 0 Å². The minimum absolute atomic E-state index is 0.00150. The molecule has 1 aromatic rings. The van der Waals surface area contributed by atoms with Crippen LogP contribution in [0.1, 0.15) is 52.7 Å². The van der Waals surface area contributed by atoms with Gasteiger partial charge in [0.15, 0.2) is 0 Å². The molecule has 2 atom stereocenters. The first-order valence-corrected chi connectivity index (χ1v) is 7.06. The lowest BCUT2D eigenvalue weighted by atomic mass is 9.97. The Bertz CT molecular complexity index is 435. The quantitative estimate of drug-likeness (QED) is 0.776. The fraction of sp³-hybridized carbons (Fsp3) is 0.562. The molecular formula is C16H26N2O2. The Balaban J connectivity index is 2.79. The number of amides is 1. The van der Waals surface area contributed by atoms with Crippen molar-refractivity contribution in [2.24, 2.45) is 0 Å². The second-order valence-corrected chi connectivity index (χ2v) is 6.16. The SMILES string of the molecule is CCC(NC(C)(C)C)C(O)c1ccc(NC(C)=O)cc1. The van der Waals surface area contributed by atoms with Crippen LogP contribution < -0.4 is 10.6 Å². The van der Waals surface area contributed by atoms with Gasteiger partial charge in [0.25, 0.3) is 0 Å². The number of hydrogen-bond donors (Lipinski definition) is 3. The molecule has 0 spiro atoms. The molecule has 2 unspecified atom stereocenters. The van der Waals surface area contributed by atoms with Crippen LogP contribution in [0.4, 0.5) is 5.69 Å². The van der Waals surface area contributed by atoms with Gasteiger partial charge in [-0.25, -0.2) is 0 Å². The number of aliphatic hydroxyl groups excluding tert-OH is 1. The molecule has 3 N–H and O–H groups in total. The van der Waals surface area contributed by atoms with Gasteiger partial charge in [-0.3, -0.25) is 4.79 Å². The van der Waals surface area contributed by atoms with Crippen molar-refractivity contribution in [1.82, 2.24) is 5.32 Å². The molecule has 0 aliphatic heterocycles. The zero-order chi connectivity index (χ0) is 15.3. The minimum Gasteiger partial charge on any atom is -0.387 e. The highest BCUT2D eigenvalue weighted by molar-refractivity contribution is 5.88. The highest BCUT2D eigenvalue weighted by Gasteiger charge is 2.23. The Morgan fingerprint density at radius 3 is 2.20 bits per heavy atom. The van der Waals surface area contributed by atoms with Crippen molar-refractivity contribution in [3.63, 3.8) is 0 Å². The summed E-state index contributed by atoms with van der Waals surface area (Å²) in [7, 11) is 0. The number of rotatable bonds is 5.